The van der Waals surface area contributed by atoms with E-state index in [1.807, 2.05) is 23.1 Å². The Balaban J connectivity index is 0.880. The van der Waals surface area contributed by atoms with E-state index in [2.05, 4.69) is 52.0 Å². The molecule has 50 heavy (non-hydrogen) atoms. The molecule has 7 aliphatic rings. The average molecular weight is 678 g/mol. The van der Waals surface area contributed by atoms with E-state index < -0.39 is 0 Å². The number of nitrogens with zero attached hydrogens (tertiary/aromatic N) is 1. The molecule has 2 aromatic rings. The summed E-state index contributed by atoms with van der Waals surface area (Å²) in [6.45, 7) is 11.9. The van der Waals surface area contributed by atoms with Gasteiger partial charge in [0.15, 0.2) is 5.79 Å². The zero-order chi connectivity index (χ0) is 34.4. The van der Waals surface area contributed by atoms with Crippen molar-refractivity contribution in [2.45, 2.75) is 116 Å². The van der Waals surface area contributed by atoms with Crippen molar-refractivity contribution in [1.82, 2.24) is 4.90 Å². The zero-order valence-corrected chi connectivity index (χ0v) is 30.5. The number of esters is 1. The van der Waals surface area contributed by atoms with Crippen LogP contribution in [0.3, 0.4) is 0 Å². The highest BCUT2D eigenvalue weighted by Gasteiger charge is 2.68. The Kier molecular flexibility index (Phi) is 7.93. The summed E-state index contributed by atoms with van der Waals surface area (Å²) in [5.41, 5.74) is 5.25. The maximum absolute atomic E-state index is 13.8. The van der Waals surface area contributed by atoms with E-state index in [-0.39, 0.29) is 29.2 Å². The fraction of sp³-hybridized carbons (Fsp3) is 0.636. The molecule has 1 amide bonds. The van der Waals surface area contributed by atoms with Gasteiger partial charge in [-0.05, 0) is 115 Å². The van der Waals surface area contributed by atoms with Gasteiger partial charge in [-0.2, -0.15) is 0 Å². The van der Waals surface area contributed by atoms with Gasteiger partial charge in [-0.1, -0.05) is 75.7 Å². The lowest BCUT2D eigenvalue weighted by atomic mass is 9.47. The summed E-state index contributed by atoms with van der Waals surface area (Å²) in [6, 6.07) is 15.5. The SMILES string of the molecule is C[C@@H]1CC[C@@]2(OC1)O[C@H]1C[C@H]3[C@@H]4CC=C5C[C@@H](OC(=O)c6ccccc6C(=O)N6CCc7ccccc7C6)CC[C@]5(C)[C@H]4CC[C@]3(C)[C@H]1[C@@H]2C. The van der Waals surface area contributed by atoms with Crippen LogP contribution >= 0.6 is 0 Å². The molecule has 2 aromatic carbocycles. The zero-order valence-electron chi connectivity index (χ0n) is 30.5. The van der Waals surface area contributed by atoms with Crippen LogP contribution in [0.1, 0.15) is 117 Å². The predicted molar refractivity (Wildman–Crippen MR) is 192 cm³/mol. The number of rotatable bonds is 3. The summed E-state index contributed by atoms with van der Waals surface area (Å²) in [4.78, 5) is 29.4. The lowest BCUT2D eigenvalue weighted by Crippen LogP contribution is -2.52. The number of hydrogen-bond acceptors (Lipinski definition) is 5. The van der Waals surface area contributed by atoms with Gasteiger partial charge in [0.2, 0.25) is 0 Å². The van der Waals surface area contributed by atoms with Gasteiger partial charge < -0.3 is 19.1 Å². The molecule has 9 rings (SSSR count). The number of fused-ring (bicyclic) bond motifs is 8. The Morgan fingerprint density at radius 2 is 1.68 bits per heavy atom. The first-order valence-electron chi connectivity index (χ1n) is 19.8. The van der Waals surface area contributed by atoms with E-state index in [0.717, 1.165) is 45.1 Å². The summed E-state index contributed by atoms with van der Waals surface area (Å²) in [7, 11) is 0. The van der Waals surface area contributed by atoms with Crippen molar-refractivity contribution in [3.8, 4) is 0 Å². The molecule has 0 N–H and O–H groups in total. The van der Waals surface area contributed by atoms with Crippen LogP contribution in [0, 0.1) is 46.3 Å². The van der Waals surface area contributed by atoms with Crippen LogP contribution in [-0.2, 0) is 27.2 Å². The minimum atomic E-state index is -0.372. The van der Waals surface area contributed by atoms with E-state index in [4.69, 9.17) is 14.2 Å². The van der Waals surface area contributed by atoms with Crippen molar-refractivity contribution < 1.29 is 23.8 Å². The molecule has 3 saturated carbocycles. The first-order chi connectivity index (χ1) is 24.1. The summed E-state index contributed by atoms with van der Waals surface area (Å²) < 4.78 is 19.8. The minimum absolute atomic E-state index is 0.0968. The van der Waals surface area contributed by atoms with Crippen molar-refractivity contribution in [3.05, 3.63) is 82.4 Å². The molecule has 0 aromatic heterocycles. The quantitative estimate of drug-likeness (QED) is 0.240. The molecule has 5 fully saturated rings. The van der Waals surface area contributed by atoms with Crippen molar-refractivity contribution in [1.29, 1.82) is 0 Å². The first kappa shape index (κ1) is 32.9. The fourth-order valence-corrected chi connectivity index (χ4v) is 12.6. The minimum Gasteiger partial charge on any atom is -0.458 e. The molecule has 0 unspecified atom stereocenters. The standard InChI is InChI=1S/C44H55NO5/c1-27-15-21-44(48-26-27)28(2)39-38(50-44)24-37-35-14-13-31-23-32(16-19-42(31,3)36(35)17-20-43(37,39)4)49-41(47)34-12-8-7-11-33(34)40(46)45-22-18-29-9-5-6-10-30(29)25-45/h5-13,27-28,32,35-39H,14-26H2,1-4H3/t27-,28+,32+,35-,36+,37+,38+,39+,42+,43+,44-/m1/s1. The van der Waals surface area contributed by atoms with Crippen LogP contribution in [0.4, 0.5) is 0 Å². The van der Waals surface area contributed by atoms with Crippen LogP contribution in [0.25, 0.3) is 0 Å². The Labute approximate surface area is 298 Å². The van der Waals surface area contributed by atoms with E-state index in [0.29, 0.717) is 71.2 Å². The molecule has 3 heterocycles. The third-order valence-corrected chi connectivity index (χ3v) is 15.4. The van der Waals surface area contributed by atoms with Gasteiger partial charge in [-0.15, -0.1) is 0 Å². The Hall–Kier alpha value is -2.96. The predicted octanol–water partition coefficient (Wildman–Crippen LogP) is 8.78. The molecule has 6 nitrogen and oxygen atoms in total. The van der Waals surface area contributed by atoms with Gasteiger partial charge in [-0.3, -0.25) is 4.79 Å². The van der Waals surface area contributed by atoms with E-state index in [9.17, 15) is 9.59 Å². The van der Waals surface area contributed by atoms with Crippen LogP contribution in [0.15, 0.2) is 60.2 Å². The molecule has 0 bridgehead atoms. The molecule has 4 aliphatic carbocycles. The molecule has 11 atom stereocenters. The van der Waals surface area contributed by atoms with Crippen LogP contribution in [0.2, 0.25) is 0 Å². The number of benzene rings is 2. The first-order valence-corrected chi connectivity index (χ1v) is 19.8. The summed E-state index contributed by atoms with van der Waals surface area (Å²) in [5.74, 6) is 2.86. The van der Waals surface area contributed by atoms with Crippen molar-refractivity contribution in [3.63, 3.8) is 0 Å². The monoisotopic (exact) mass is 677 g/mol. The average Bonchev–Trinajstić information content (AvgIpc) is 3.58. The van der Waals surface area contributed by atoms with E-state index in [1.165, 1.54) is 42.4 Å². The van der Waals surface area contributed by atoms with Gasteiger partial charge in [0.05, 0.1) is 23.8 Å². The molecular formula is C44H55NO5. The second-order valence-corrected chi connectivity index (χ2v) is 17.8. The van der Waals surface area contributed by atoms with Gasteiger partial charge >= 0.3 is 5.97 Å². The van der Waals surface area contributed by atoms with Gasteiger partial charge in [0.1, 0.15) is 6.10 Å². The summed E-state index contributed by atoms with van der Waals surface area (Å²) in [6.07, 6.45) is 13.3. The van der Waals surface area contributed by atoms with Crippen molar-refractivity contribution in [2.75, 3.05) is 13.2 Å². The van der Waals surface area contributed by atoms with Crippen LogP contribution in [0.5, 0.6) is 0 Å². The third-order valence-electron chi connectivity index (χ3n) is 15.4. The number of hydrogen-bond donors (Lipinski definition) is 0. The molecule has 0 radical (unpaired) electrons. The van der Waals surface area contributed by atoms with E-state index >= 15 is 0 Å². The van der Waals surface area contributed by atoms with Gasteiger partial charge in [0, 0.05) is 31.8 Å². The number of ether oxygens (including phenoxy) is 3. The molecule has 2 saturated heterocycles. The maximum Gasteiger partial charge on any atom is 0.339 e. The highest BCUT2D eigenvalue weighted by molar-refractivity contribution is 6.05. The fourth-order valence-electron chi connectivity index (χ4n) is 12.6. The maximum atomic E-state index is 13.8. The lowest BCUT2D eigenvalue weighted by molar-refractivity contribution is -0.272. The van der Waals surface area contributed by atoms with Crippen molar-refractivity contribution >= 4 is 11.9 Å². The molecule has 6 heteroatoms. The second kappa shape index (κ2) is 12.0. The molecule has 266 valence electrons. The lowest BCUT2D eigenvalue weighted by Gasteiger charge is -2.58. The highest BCUT2D eigenvalue weighted by atomic mass is 16.7. The Morgan fingerprint density at radius 3 is 2.48 bits per heavy atom. The smallest absolute Gasteiger partial charge is 0.339 e. The molecule has 3 aliphatic heterocycles. The largest absolute Gasteiger partial charge is 0.458 e. The number of carbonyl (C=O) groups excluding carboxylic acids is 2. The van der Waals surface area contributed by atoms with Crippen LogP contribution < -0.4 is 0 Å². The topological polar surface area (TPSA) is 65.1 Å². The summed E-state index contributed by atoms with van der Waals surface area (Å²) >= 11 is 0. The Bertz CT molecular complexity index is 1710. The highest BCUT2D eigenvalue weighted by Crippen LogP contribution is 2.70. The summed E-state index contributed by atoms with van der Waals surface area (Å²) in [5, 5.41) is 0. The number of amides is 1. The number of allylic oxidation sites excluding steroid dienone is 1. The van der Waals surface area contributed by atoms with Crippen molar-refractivity contribution in [2.24, 2.45) is 46.3 Å². The molecular weight excluding hydrogens is 622 g/mol. The Morgan fingerprint density at radius 1 is 0.900 bits per heavy atom. The van der Waals surface area contributed by atoms with E-state index in [1.54, 1.807) is 12.1 Å². The van der Waals surface area contributed by atoms with Crippen LogP contribution in [-0.4, -0.2) is 47.9 Å². The normalized spacial score (nSPS) is 41.7. The second-order valence-electron chi connectivity index (χ2n) is 17.8. The molecule has 1 spiro atoms. The third kappa shape index (κ3) is 5.01. The number of carbonyl (C=O) groups is 2. The van der Waals surface area contributed by atoms with Gasteiger partial charge in [0.25, 0.3) is 5.91 Å². The van der Waals surface area contributed by atoms with Gasteiger partial charge in [-0.25, -0.2) is 4.79 Å².